The second-order valence-electron chi connectivity index (χ2n) is 20.6. The number of amides is 4. The maximum atomic E-state index is 14.9. The molecule has 17 heteroatoms. The number of hydrogen-bond donors (Lipinski definition) is 3. The molecule has 6 bridgehead atoms. The fourth-order valence-corrected chi connectivity index (χ4v) is 11.8. The number of ether oxygens (including phenoxy) is 2. The molecule has 0 radical (unpaired) electrons. The van der Waals surface area contributed by atoms with Crippen LogP contribution in [-0.4, -0.2) is 92.3 Å². The number of sulfonamides is 1. The second kappa shape index (κ2) is 17.2. The number of nitrogens with one attached hydrogen (secondary N) is 3. The third-order valence-electron chi connectivity index (χ3n) is 12.8. The zero-order chi connectivity index (χ0) is 46.7. The lowest BCUT2D eigenvalue weighted by molar-refractivity contribution is -0.143. The van der Waals surface area contributed by atoms with Gasteiger partial charge < -0.3 is 25.0 Å². The van der Waals surface area contributed by atoms with Gasteiger partial charge in [-0.1, -0.05) is 54.0 Å². The number of likely N-dealkylation sites (tertiary alicyclic amines) is 1. The summed E-state index contributed by atoms with van der Waals surface area (Å²) in [7, 11) is -4.15. The van der Waals surface area contributed by atoms with Crippen LogP contribution in [0, 0.1) is 11.3 Å². The van der Waals surface area contributed by atoms with Crippen LogP contribution in [0.25, 0.3) is 21.6 Å². The van der Waals surface area contributed by atoms with E-state index in [-0.39, 0.29) is 43.7 Å². The molecule has 64 heavy (non-hydrogen) atoms. The number of carbonyl (C=O) groups is 4. The Morgan fingerprint density at radius 2 is 1.80 bits per heavy atom. The van der Waals surface area contributed by atoms with Crippen molar-refractivity contribution >= 4 is 56.2 Å². The largest absolute Gasteiger partial charge is 0.459 e. The van der Waals surface area contributed by atoms with E-state index in [0.717, 1.165) is 33.1 Å². The first-order valence-corrected chi connectivity index (χ1v) is 25.0. The van der Waals surface area contributed by atoms with Gasteiger partial charge in [0.2, 0.25) is 21.8 Å². The first-order valence-electron chi connectivity index (χ1n) is 22.7. The number of carbonyl (C=O) groups excluding carboxylic acids is 4. The van der Waals surface area contributed by atoms with Crippen molar-refractivity contribution < 1.29 is 37.1 Å². The van der Waals surface area contributed by atoms with Crippen LogP contribution in [0.4, 0.5) is 4.79 Å². The number of hydrogen-bond acceptors (Lipinski definition) is 11. The van der Waals surface area contributed by atoms with E-state index in [4.69, 9.17) is 19.4 Å². The summed E-state index contributed by atoms with van der Waals surface area (Å²) in [6, 6.07) is 3.93. The average molecular weight is 920 g/mol. The Balaban J connectivity index is 1.32. The summed E-state index contributed by atoms with van der Waals surface area (Å²) in [5.74, 6) is -2.12. The number of benzene rings is 1. The molecule has 5 atom stereocenters. The van der Waals surface area contributed by atoms with Crippen molar-refractivity contribution in [3.05, 3.63) is 46.7 Å². The van der Waals surface area contributed by atoms with Crippen LogP contribution in [0.1, 0.15) is 144 Å². The molecule has 3 aromatic rings. The van der Waals surface area contributed by atoms with E-state index >= 15 is 0 Å². The first kappa shape index (κ1) is 47.2. The molecule has 2 spiro atoms. The molecule has 0 unspecified atom stereocenters. The van der Waals surface area contributed by atoms with E-state index in [9.17, 15) is 27.6 Å². The third kappa shape index (κ3) is 9.35. The van der Waals surface area contributed by atoms with Crippen LogP contribution in [0.5, 0.6) is 6.01 Å². The molecule has 7 rings (SSSR count). The summed E-state index contributed by atoms with van der Waals surface area (Å²) in [6.07, 6.45) is 5.25. The maximum Gasteiger partial charge on any atom is 0.408 e. The quantitative estimate of drug-likeness (QED) is 0.217. The van der Waals surface area contributed by atoms with Gasteiger partial charge in [-0.15, -0.1) is 17.1 Å². The molecular weight excluding hydrogens is 855 g/mol. The molecular formula is C47H65N7O8S2. The fraction of sp³-hybridized carbons (Fsp3) is 0.638. The number of imidazole rings is 1. The Hall–Kier alpha value is -4.73. The number of nitrogens with zero attached hydrogens (tertiary/aromatic N) is 4. The van der Waals surface area contributed by atoms with E-state index < -0.39 is 73.3 Å². The highest BCUT2D eigenvalue weighted by atomic mass is 32.2. The van der Waals surface area contributed by atoms with E-state index in [1.165, 1.54) is 4.90 Å². The number of fused-ring (bicyclic) bond motifs is 6. The van der Waals surface area contributed by atoms with Crippen molar-refractivity contribution in [1.82, 2.24) is 34.8 Å². The number of alkyl carbamates (subject to hydrolysis) is 1. The van der Waals surface area contributed by atoms with Crippen LogP contribution >= 0.6 is 11.3 Å². The zero-order valence-corrected chi connectivity index (χ0v) is 40.7. The number of thiazole rings is 1. The van der Waals surface area contributed by atoms with E-state index in [2.05, 4.69) is 34.9 Å². The Bertz CT molecular complexity index is 2500. The zero-order valence-electron chi connectivity index (χ0n) is 39.1. The van der Waals surface area contributed by atoms with Crippen molar-refractivity contribution in [2.45, 2.75) is 174 Å². The second-order valence-corrected chi connectivity index (χ2v) is 23.8. The standard InChI is InChI=1S/C47H65N7O8S2/c1-12-29-25-47(29)41(57)52-64(59,60)46(22-23-46)21-16-14-13-15-20-34-35(27(2)3)48-39(63-34)31-18-17-19-32-36(31)49-42(54(32)28(4)5)61-30-24-33(38(55)51-47)53(26-30)40(56)37(44(6,7)8)50-43(58)62-45(9,10)11/h13,16-19,27-30,33,37H,12,15,20-26H2,1-11H3,(H,50,58)(H,51,55)(H,52,57)/t14?,29-,30-,33+,37-,47-/m1/s1. The van der Waals surface area contributed by atoms with Gasteiger partial charge >= 0.3 is 6.09 Å². The van der Waals surface area contributed by atoms with Crippen molar-refractivity contribution in [3.63, 3.8) is 0 Å². The van der Waals surface area contributed by atoms with Crippen LogP contribution in [0.2, 0.25) is 0 Å². The molecule has 4 aliphatic rings. The lowest BCUT2D eigenvalue weighted by Gasteiger charge is -2.36. The smallest absolute Gasteiger partial charge is 0.408 e. The Morgan fingerprint density at radius 1 is 1.08 bits per heavy atom. The maximum absolute atomic E-state index is 14.9. The molecule has 2 saturated carbocycles. The summed E-state index contributed by atoms with van der Waals surface area (Å²) in [4.78, 5) is 69.9. The predicted octanol–water partition coefficient (Wildman–Crippen LogP) is 7.46. The molecule has 15 nitrogen and oxygen atoms in total. The molecule has 3 fully saturated rings. The molecule has 4 heterocycles. The highest BCUT2D eigenvalue weighted by molar-refractivity contribution is 7.91. The van der Waals surface area contributed by atoms with Gasteiger partial charge in [-0.2, -0.15) is 4.98 Å². The van der Waals surface area contributed by atoms with E-state index in [1.807, 2.05) is 70.4 Å². The Morgan fingerprint density at radius 3 is 2.41 bits per heavy atom. The Labute approximate surface area is 381 Å². The van der Waals surface area contributed by atoms with Crippen molar-refractivity contribution in [2.75, 3.05) is 6.54 Å². The summed E-state index contributed by atoms with van der Waals surface area (Å²) in [6.45, 7) is 20.8. The number of aryl methyl sites for hydroxylation is 1. The monoisotopic (exact) mass is 919 g/mol. The van der Waals surface area contributed by atoms with Crippen molar-refractivity contribution in [3.8, 4) is 16.6 Å². The molecule has 2 aliphatic carbocycles. The van der Waals surface area contributed by atoms with E-state index in [0.29, 0.717) is 37.2 Å². The predicted molar refractivity (Wildman–Crippen MR) is 246 cm³/mol. The van der Waals surface area contributed by atoms with Gasteiger partial charge in [0.1, 0.15) is 39.9 Å². The van der Waals surface area contributed by atoms with Crippen LogP contribution in [-0.2, 0) is 35.6 Å². The lowest BCUT2D eigenvalue weighted by Crippen LogP contribution is -2.60. The highest BCUT2D eigenvalue weighted by Gasteiger charge is 2.64. The molecule has 1 aromatic carbocycles. The van der Waals surface area contributed by atoms with Gasteiger partial charge in [0.25, 0.3) is 11.9 Å². The van der Waals surface area contributed by atoms with Gasteiger partial charge in [-0.25, -0.2) is 18.2 Å². The van der Waals surface area contributed by atoms with Gasteiger partial charge in [0.15, 0.2) is 0 Å². The SMILES string of the molecule is CC[C@@H]1C[C@@]12NC(=O)[C@@H]1C[C@H](CN1C(=O)[C@@H](NC(=O)OC(C)(C)C)C(C)(C)C)Oc1nc3c(cccc3n1C(C)C)-c1nc(C(C)C)c(s1)CCC=C=CCC1(CC1)S(=O)(=O)NC2=O. The molecule has 4 amide bonds. The minimum Gasteiger partial charge on any atom is -0.459 e. The molecule has 2 aliphatic heterocycles. The number of para-hydroxylation sites is 1. The number of allylic oxidation sites excluding steroid dienone is 1. The van der Waals surface area contributed by atoms with Crippen molar-refractivity contribution in [1.29, 1.82) is 0 Å². The van der Waals surface area contributed by atoms with Gasteiger partial charge in [-0.05, 0) is 115 Å². The minimum absolute atomic E-state index is 0.0262. The Kier molecular flexibility index (Phi) is 12.7. The summed E-state index contributed by atoms with van der Waals surface area (Å²) >= 11 is 1.62. The number of rotatable bonds is 5. The number of aromatic nitrogens is 3. The molecule has 3 N–H and O–H groups in total. The van der Waals surface area contributed by atoms with Crippen molar-refractivity contribution in [2.24, 2.45) is 11.3 Å². The minimum atomic E-state index is -4.15. The van der Waals surface area contributed by atoms with Crippen LogP contribution < -0.4 is 20.1 Å². The summed E-state index contributed by atoms with van der Waals surface area (Å²) in [5, 5.41) is 6.55. The highest BCUT2D eigenvalue weighted by Crippen LogP contribution is 2.50. The molecule has 2 aromatic heterocycles. The van der Waals surface area contributed by atoms with Gasteiger partial charge in [0, 0.05) is 22.9 Å². The third-order valence-corrected chi connectivity index (χ3v) is 16.1. The van der Waals surface area contributed by atoms with Crippen LogP contribution in [0.15, 0.2) is 36.1 Å². The lowest BCUT2D eigenvalue weighted by atomic mass is 9.85. The summed E-state index contributed by atoms with van der Waals surface area (Å²) < 4.78 is 43.4. The summed E-state index contributed by atoms with van der Waals surface area (Å²) in [5.41, 5.74) is 3.44. The van der Waals surface area contributed by atoms with E-state index in [1.54, 1.807) is 38.2 Å². The van der Waals surface area contributed by atoms with Gasteiger partial charge in [0.05, 0.1) is 22.5 Å². The van der Waals surface area contributed by atoms with Gasteiger partial charge in [-0.3, -0.25) is 23.7 Å². The normalized spacial score (nSPS) is 25.0. The molecule has 348 valence electrons. The average Bonchev–Trinajstić information content (AvgIpc) is 3.96. The topological polar surface area (TPSA) is 191 Å². The first-order chi connectivity index (χ1) is 29.9. The van der Waals surface area contributed by atoms with Crippen LogP contribution in [0.3, 0.4) is 0 Å². The molecule has 1 saturated heterocycles. The fourth-order valence-electron chi connectivity index (χ4n) is 9.00.